The molecule has 0 saturated heterocycles. The van der Waals surface area contributed by atoms with Gasteiger partial charge >= 0.3 is 5.97 Å². The van der Waals surface area contributed by atoms with Gasteiger partial charge in [-0.2, -0.15) is 0 Å². The Bertz CT molecular complexity index is 1320. The van der Waals surface area contributed by atoms with Crippen molar-refractivity contribution in [3.63, 3.8) is 0 Å². The van der Waals surface area contributed by atoms with Crippen LogP contribution in [0.3, 0.4) is 0 Å². The second-order valence-electron chi connectivity index (χ2n) is 6.86. The molecule has 3 aromatic carbocycles. The molecule has 0 spiro atoms. The van der Waals surface area contributed by atoms with Crippen LogP contribution in [-0.4, -0.2) is 5.97 Å². The van der Waals surface area contributed by atoms with E-state index in [4.69, 9.17) is 13.9 Å². The number of fused-ring (bicyclic) bond motifs is 1. The molecule has 0 saturated carbocycles. The monoisotopic (exact) mass is 404 g/mol. The molecule has 0 unspecified atom stereocenters. The average Bonchev–Trinajstić information content (AvgIpc) is 2.72. The Morgan fingerprint density at radius 2 is 1.80 bits per heavy atom. The van der Waals surface area contributed by atoms with E-state index in [1.54, 1.807) is 0 Å². The lowest BCUT2D eigenvalue weighted by Crippen LogP contribution is -2.09. The fourth-order valence-electron chi connectivity index (χ4n) is 2.94. The summed E-state index contributed by atoms with van der Waals surface area (Å²) in [6.07, 6.45) is 1.23. The van der Waals surface area contributed by atoms with Gasteiger partial charge in [0.15, 0.2) is 0 Å². The zero-order chi connectivity index (χ0) is 21.3. The molecule has 0 radical (unpaired) electrons. The van der Waals surface area contributed by atoms with Crippen molar-refractivity contribution in [3.8, 4) is 17.2 Å². The van der Waals surface area contributed by atoms with Crippen molar-refractivity contribution in [2.24, 2.45) is 0 Å². The van der Waals surface area contributed by atoms with Crippen LogP contribution in [0.15, 0.2) is 76.1 Å². The quantitative estimate of drug-likeness (QED) is 0.329. The van der Waals surface area contributed by atoms with E-state index in [1.165, 1.54) is 42.7 Å². The number of benzene rings is 3. The number of hydrogen-bond acceptors (Lipinski definition) is 5. The summed E-state index contributed by atoms with van der Waals surface area (Å²) in [6.45, 7) is 3.82. The van der Waals surface area contributed by atoms with E-state index in [0.29, 0.717) is 5.75 Å². The Hall–Kier alpha value is -3.93. The largest absolute Gasteiger partial charge is 0.460 e. The van der Waals surface area contributed by atoms with E-state index in [-0.39, 0.29) is 33.5 Å². The van der Waals surface area contributed by atoms with Crippen molar-refractivity contribution in [1.82, 2.24) is 0 Å². The van der Waals surface area contributed by atoms with Gasteiger partial charge in [0.2, 0.25) is 11.2 Å². The molecular weight excluding hydrogens is 387 g/mol. The molecule has 0 atom stereocenters. The van der Waals surface area contributed by atoms with Gasteiger partial charge in [-0.1, -0.05) is 18.2 Å². The van der Waals surface area contributed by atoms with Gasteiger partial charge in [-0.05, 0) is 61.4 Å². The summed E-state index contributed by atoms with van der Waals surface area (Å²) < 4.78 is 29.9. The van der Waals surface area contributed by atoms with Crippen LogP contribution in [0.1, 0.15) is 21.5 Å². The summed E-state index contributed by atoms with van der Waals surface area (Å²) in [7, 11) is 0. The normalized spacial score (nSPS) is 10.8. The number of carbonyl (C=O) groups is 1. The molecular formula is C24H17FO5. The molecule has 0 bridgehead atoms. The van der Waals surface area contributed by atoms with Gasteiger partial charge in [-0.3, -0.25) is 4.79 Å². The first kappa shape index (κ1) is 19.4. The van der Waals surface area contributed by atoms with Crippen LogP contribution in [0.25, 0.3) is 11.0 Å². The number of carbonyl (C=O) groups excluding carboxylic acids is 1. The Morgan fingerprint density at radius 3 is 2.60 bits per heavy atom. The maximum Gasteiger partial charge on any atom is 0.343 e. The molecule has 0 amide bonds. The third kappa shape index (κ3) is 3.93. The average molecular weight is 404 g/mol. The number of aryl methyl sites for hydroxylation is 2. The number of rotatable bonds is 4. The maximum atomic E-state index is 13.3. The minimum absolute atomic E-state index is 0.0562. The highest BCUT2D eigenvalue weighted by atomic mass is 19.1. The fraction of sp³-hybridized carbons (Fsp3) is 0.0833. The smallest absolute Gasteiger partial charge is 0.343 e. The molecule has 0 aliphatic carbocycles. The fourth-order valence-corrected chi connectivity index (χ4v) is 2.94. The lowest BCUT2D eigenvalue weighted by molar-refractivity contribution is 0.0734. The van der Waals surface area contributed by atoms with Crippen LogP contribution < -0.4 is 14.9 Å². The Morgan fingerprint density at radius 1 is 0.967 bits per heavy atom. The Labute approximate surface area is 171 Å². The molecule has 5 nitrogen and oxygen atoms in total. The van der Waals surface area contributed by atoms with Crippen LogP contribution >= 0.6 is 0 Å². The highest BCUT2D eigenvalue weighted by Gasteiger charge is 2.14. The third-order valence-electron chi connectivity index (χ3n) is 4.55. The van der Waals surface area contributed by atoms with E-state index in [9.17, 15) is 14.0 Å². The molecule has 0 fully saturated rings. The second-order valence-corrected chi connectivity index (χ2v) is 6.86. The molecule has 0 N–H and O–H groups in total. The molecule has 0 aliphatic heterocycles. The standard InChI is InChI=1S/C24H17FO5/c1-14-6-7-15(2)20(10-14)30-22-13-28-21-12-18(8-9-19(21)23(22)26)29-24(27)16-4-3-5-17(25)11-16/h3-13H,1-2H3. The predicted octanol–water partition coefficient (Wildman–Crippen LogP) is 5.56. The van der Waals surface area contributed by atoms with Crippen molar-refractivity contribution in [2.45, 2.75) is 13.8 Å². The van der Waals surface area contributed by atoms with Gasteiger partial charge < -0.3 is 13.9 Å². The number of esters is 1. The molecule has 1 heterocycles. The molecule has 6 heteroatoms. The SMILES string of the molecule is Cc1ccc(C)c(Oc2coc3cc(OC(=O)c4cccc(F)c4)ccc3c2=O)c1. The first-order valence-electron chi connectivity index (χ1n) is 9.19. The highest BCUT2D eigenvalue weighted by Crippen LogP contribution is 2.27. The molecule has 0 aliphatic rings. The lowest BCUT2D eigenvalue weighted by Gasteiger charge is -2.10. The third-order valence-corrected chi connectivity index (χ3v) is 4.55. The minimum atomic E-state index is -0.717. The second kappa shape index (κ2) is 7.83. The summed E-state index contributed by atoms with van der Waals surface area (Å²) >= 11 is 0. The summed E-state index contributed by atoms with van der Waals surface area (Å²) in [5, 5.41) is 0.281. The van der Waals surface area contributed by atoms with Gasteiger partial charge in [0.1, 0.15) is 29.2 Å². The van der Waals surface area contributed by atoms with Crippen LogP contribution in [0, 0.1) is 19.7 Å². The lowest BCUT2D eigenvalue weighted by atomic mass is 10.1. The van der Waals surface area contributed by atoms with Gasteiger partial charge in [0.05, 0.1) is 10.9 Å². The number of hydrogen-bond donors (Lipinski definition) is 0. The van der Waals surface area contributed by atoms with Crippen LogP contribution in [0.5, 0.6) is 17.2 Å². The molecule has 1 aromatic heterocycles. The van der Waals surface area contributed by atoms with Crippen molar-refractivity contribution in [2.75, 3.05) is 0 Å². The van der Waals surface area contributed by atoms with Gasteiger partial charge in [0, 0.05) is 6.07 Å². The predicted molar refractivity (Wildman–Crippen MR) is 110 cm³/mol. The van der Waals surface area contributed by atoms with Crippen LogP contribution in [0.4, 0.5) is 4.39 Å². The van der Waals surface area contributed by atoms with Gasteiger partial charge in [-0.15, -0.1) is 0 Å². The summed E-state index contributed by atoms with van der Waals surface area (Å²) in [5.74, 6) is -0.456. The zero-order valence-corrected chi connectivity index (χ0v) is 16.3. The van der Waals surface area contributed by atoms with Gasteiger partial charge in [0.25, 0.3) is 0 Å². The Balaban J connectivity index is 1.62. The van der Waals surface area contributed by atoms with E-state index in [1.807, 2.05) is 32.0 Å². The molecule has 4 aromatic rings. The molecule has 150 valence electrons. The zero-order valence-electron chi connectivity index (χ0n) is 16.3. The van der Waals surface area contributed by atoms with E-state index < -0.39 is 11.8 Å². The van der Waals surface area contributed by atoms with E-state index in [0.717, 1.165) is 17.2 Å². The first-order valence-corrected chi connectivity index (χ1v) is 9.19. The minimum Gasteiger partial charge on any atom is -0.460 e. The summed E-state index contributed by atoms with van der Waals surface area (Å²) in [4.78, 5) is 25.0. The van der Waals surface area contributed by atoms with Crippen LogP contribution in [-0.2, 0) is 0 Å². The van der Waals surface area contributed by atoms with Crippen molar-refractivity contribution >= 4 is 16.9 Å². The number of halogens is 1. The number of ether oxygens (including phenoxy) is 2. The topological polar surface area (TPSA) is 65.7 Å². The maximum absolute atomic E-state index is 13.3. The van der Waals surface area contributed by atoms with Crippen molar-refractivity contribution < 1.29 is 23.1 Å². The van der Waals surface area contributed by atoms with Crippen molar-refractivity contribution in [3.05, 3.63) is 99.7 Å². The van der Waals surface area contributed by atoms with Crippen LogP contribution in [0.2, 0.25) is 0 Å². The highest BCUT2D eigenvalue weighted by molar-refractivity contribution is 5.91. The Kier molecular flexibility index (Phi) is 5.06. The van der Waals surface area contributed by atoms with E-state index in [2.05, 4.69) is 0 Å². The summed E-state index contributed by atoms with van der Waals surface area (Å²) in [6, 6.07) is 15.3. The molecule has 30 heavy (non-hydrogen) atoms. The first-order chi connectivity index (χ1) is 14.4. The van der Waals surface area contributed by atoms with E-state index >= 15 is 0 Å². The van der Waals surface area contributed by atoms with Crippen molar-refractivity contribution in [1.29, 1.82) is 0 Å². The van der Waals surface area contributed by atoms with Gasteiger partial charge in [-0.25, -0.2) is 9.18 Å². The summed E-state index contributed by atoms with van der Waals surface area (Å²) in [5.41, 5.74) is 1.86. The molecule has 4 rings (SSSR count).